The summed E-state index contributed by atoms with van der Waals surface area (Å²) in [5, 5.41) is 0. The molecule has 17 heavy (non-hydrogen) atoms. The third-order valence-electron chi connectivity index (χ3n) is 2.23. The van der Waals surface area contributed by atoms with Gasteiger partial charge in [0.2, 0.25) is 5.78 Å². The summed E-state index contributed by atoms with van der Waals surface area (Å²) >= 11 is 6.59. The molecule has 0 radical (unpaired) electrons. The highest BCUT2D eigenvalue weighted by Gasteiger charge is 2.19. The number of benzene rings is 1. The molecule has 88 valence electrons. The maximum atomic E-state index is 12.2. The maximum absolute atomic E-state index is 12.2. The van der Waals surface area contributed by atoms with Crippen LogP contribution >= 0.6 is 31.9 Å². The summed E-state index contributed by atoms with van der Waals surface area (Å²) in [4.78, 5) is 12.2. The zero-order chi connectivity index (χ0) is 12.4. The number of hydrogen-bond acceptors (Lipinski definition) is 3. The van der Waals surface area contributed by atoms with E-state index in [9.17, 15) is 4.79 Å². The van der Waals surface area contributed by atoms with E-state index < -0.39 is 0 Å². The second-order valence-corrected chi connectivity index (χ2v) is 5.04. The standard InChI is InChI=1S/C12H8Br2O3/c1-16-10-6-7(13)2-3-8(10)11(15)12-9(14)4-5-17-12/h2-6H,1H3. The Morgan fingerprint density at radius 3 is 2.65 bits per heavy atom. The molecule has 1 heterocycles. The van der Waals surface area contributed by atoms with Gasteiger partial charge in [0, 0.05) is 4.47 Å². The number of carbonyl (C=O) groups is 1. The minimum atomic E-state index is -0.216. The van der Waals surface area contributed by atoms with Gasteiger partial charge in [-0.15, -0.1) is 0 Å². The van der Waals surface area contributed by atoms with E-state index in [0.29, 0.717) is 15.8 Å². The van der Waals surface area contributed by atoms with Gasteiger partial charge in [-0.2, -0.15) is 0 Å². The van der Waals surface area contributed by atoms with Crippen molar-refractivity contribution >= 4 is 37.6 Å². The van der Waals surface area contributed by atoms with Crippen molar-refractivity contribution in [1.82, 2.24) is 0 Å². The molecule has 0 aliphatic heterocycles. The van der Waals surface area contributed by atoms with Gasteiger partial charge >= 0.3 is 0 Å². The molecule has 0 spiro atoms. The van der Waals surface area contributed by atoms with Crippen molar-refractivity contribution in [3.8, 4) is 5.75 Å². The molecule has 5 heteroatoms. The number of carbonyl (C=O) groups excluding carboxylic acids is 1. The van der Waals surface area contributed by atoms with Crippen molar-refractivity contribution in [3.05, 3.63) is 50.8 Å². The molecular weight excluding hydrogens is 352 g/mol. The summed E-state index contributed by atoms with van der Waals surface area (Å²) in [7, 11) is 1.52. The highest BCUT2D eigenvalue weighted by molar-refractivity contribution is 9.10. The number of furan rings is 1. The quantitative estimate of drug-likeness (QED) is 0.776. The van der Waals surface area contributed by atoms with E-state index >= 15 is 0 Å². The van der Waals surface area contributed by atoms with Gasteiger partial charge in [0.15, 0.2) is 5.76 Å². The highest BCUT2D eigenvalue weighted by Crippen LogP contribution is 2.28. The minimum absolute atomic E-state index is 0.216. The lowest BCUT2D eigenvalue weighted by Crippen LogP contribution is -2.03. The lowest BCUT2D eigenvalue weighted by Gasteiger charge is -2.06. The van der Waals surface area contributed by atoms with Gasteiger partial charge in [-0.1, -0.05) is 15.9 Å². The van der Waals surface area contributed by atoms with E-state index in [-0.39, 0.29) is 11.5 Å². The van der Waals surface area contributed by atoms with E-state index in [1.807, 2.05) is 0 Å². The summed E-state index contributed by atoms with van der Waals surface area (Å²) in [6.07, 6.45) is 1.46. The smallest absolute Gasteiger partial charge is 0.233 e. The van der Waals surface area contributed by atoms with Crippen LogP contribution in [-0.4, -0.2) is 12.9 Å². The first-order chi connectivity index (χ1) is 8.13. The van der Waals surface area contributed by atoms with Crippen LogP contribution in [0, 0.1) is 0 Å². The molecule has 1 aromatic carbocycles. The fourth-order valence-electron chi connectivity index (χ4n) is 1.43. The van der Waals surface area contributed by atoms with Crippen LogP contribution in [0.5, 0.6) is 5.75 Å². The first-order valence-electron chi connectivity index (χ1n) is 4.74. The first-order valence-corrected chi connectivity index (χ1v) is 6.33. The fourth-order valence-corrected chi connectivity index (χ4v) is 2.15. The van der Waals surface area contributed by atoms with Crippen molar-refractivity contribution in [3.63, 3.8) is 0 Å². The molecule has 1 aromatic heterocycles. The zero-order valence-corrected chi connectivity index (χ0v) is 12.0. The van der Waals surface area contributed by atoms with Crippen LogP contribution in [0.25, 0.3) is 0 Å². The Bertz CT molecular complexity index is 561. The van der Waals surface area contributed by atoms with Crippen LogP contribution in [-0.2, 0) is 0 Å². The maximum Gasteiger partial charge on any atom is 0.233 e. The van der Waals surface area contributed by atoms with E-state index in [2.05, 4.69) is 31.9 Å². The number of ether oxygens (including phenoxy) is 1. The lowest BCUT2D eigenvalue weighted by molar-refractivity contribution is 0.100. The van der Waals surface area contributed by atoms with Gasteiger partial charge in [0.25, 0.3) is 0 Å². The third kappa shape index (κ3) is 2.45. The third-order valence-corrected chi connectivity index (χ3v) is 3.35. The largest absolute Gasteiger partial charge is 0.496 e. The van der Waals surface area contributed by atoms with Crippen LogP contribution in [0.1, 0.15) is 16.1 Å². The molecular formula is C12H8Br2O3. The molecule has 0 saturated heterocycles. The molecule has 0 fully saturated rings. The Morgan fingerprint density at radius 2 is 2.06 bits per heavy atom. The summed E-state index contributed by atoms with van der Waals surface area (Å²) in [5.74, 6) is 0.560. The molecule has 0 N–H and O–H groups in total. The van der Waals surface area contributed by atoms with Crippen LogP contribution in [0.4, 0.5) is 0 Å². The van der Waals surface area contributed by atoms with Crippen LogP contribution in [0.2, 0.25) is 0 Å². The van der Waals surface area contributed by atoms with E-state index in [4.69, 9.17) is 9.15 Å². The summed E-state index contributed by atoms with van der Waals surface area (Å²) in [5.41, 5.74) is 0.464. The van der Waals surface area contributed by atoms with Crippen LogP contribution in [0.3, 0.4) is 0 Å². The van der Waals surface area contributed by atoms with E-state index in [1.54, 1.807) is 24.3 Å². The Kier molecular flexibility index (Phi) is 3.69. The number of halogens is 2. The van der Waals surface area contributed by atoms with Gasteiger partial charge in [-0.25, -0.2) is 0 Å². The van der Waals surface area contributed by atoms with Gasteiger partial charge in [0.1, 0.15) is 5.75 Å². The second-order valence-electron chi connectivity index (χ2n) is 3.27. The van der Waals surface area contributed by atoms with Crippen molar-refractivity contribution in [2.24, 2.45) is 0 Å². The molecule has 0 atom stereocenters. The Balaban J connectivity index is 2.48. The Labute approximate surface area is 115 Å². The fraction of sp³-hybridized carbons (Fsp3) is 0.0833. The summed E-state index contributed by atoms with van der Waals surface area (Å²) < 4.78 is 11.8. The molecule has 0 bridgehead atoms. The van der Waals surface area contributed by atoms with Crippen molar-refractivity contribution in [2.75, 3.05) is 7.11 Å². The SMILES string of the molecule is COc1cc(Br)ccc1C(=O)c1occc1Br. The monoisotopic (exact) mass is 358 g/mol. The molecule has 0 aliphatic carbocycles. The van der Waals surface area contributed by atoms with Crippen molar-refractivity contribution in [1.29, 1.82) is 0 Å². The second kappa shape index (κ2) is 5.06. The molecule has 0 saturated carbocycles. The van der Waals surface area contributed by atoms with Crippen molar-refractivity contribution < 1.29 is 13.9 Å². The van der Waals surface area contributed by atoms with E-state index in [1.165, 1.54) is 13.4 Å². The number of rotatable bonds is 3. The highest BCUT2D eigenvalue weighted by atomic mass is 79.9. The number of methoxy groups -OCH3 is 1. The number of ketones is 1. The summed E-state index contributed by atoms with van der Waals surface area (Å²) in [6, 6.07) is 6.90. The normalized spacial score (nSPS) is 10.3. The van der Waals surface area contributed by atoms with Crippen LogP contribution in [0.15, 0.2) is 43.9 Å². The first kappa shape index (κ1) is 12.4. The Hall–Kier alpha value is -1.07. The van der Waals surface area contributed by atoms with Gasteiger partial charge < -0.3 is 9.15 Å². The van der Waals surface area contributed by atoms with Crippen LogP contribution < -0.4 is 4.74 Å². The van der Waals surface area contributed by atoms with Crippen molar-refractivity contribution in [2.45, 2.75) is 0 Å². The predicted molar refractivity (Wildman–Crippen MR) is 70.5 cm³/mol. The van der Waals surface area contributed by atoms with E-state index in [0.717, 1.165) is 4.47 Å². The lowest BCUT2D eigenvalue weighted by atomic mass is 10.1. The topological polar surface area (TPSA) is 39.4 Å². The zero-order valence-electron chi connectivity index (χ0n) is 8.87. The summed E-state index contributed by atoms with van der Waals surface area (Å²) in [6.45, 7) is 0. The molecule has 3 nitrogen and oxygen atoms in total. The molecule has 2 aromatic rings. The molecule has 0 unspecified atom stereocenters. The molecule has 0 amide bonds. The minimum Gasteiger partial charge on any atom is -0.496 e. The van der Waals surface area contributed by atoms with Gasteiger partial charge in [-0.05, 0) is 40.2 Å². The average molecular weight is 360 g/mol. The Morgan fingerprint density at radius 1 is 1.29 bits per heavy atom. The number of hydrogen-bond donors (Lipinski definition) is 0. The molecule has 2 rings (SSSR count). The van der Waals surface area contributed by atoms with Gasteiger partial charge in [-0.3, -0.25) is 4.79 Å². The molecule has 0 aliphatic rings. The average Bonchev–Trinajstić information content (AvgIpc) is 2.74. The van der Waals surface area contributed by atoms with Gasteiger partial charge in [0.05, 0.1) is 23.4 Å². The predicted octanol–water partition coefficient (Wildman–Crippen LogP) is 4.04.